The first-order chi connectivity index (χ1) is 5.83. The van der Waals surface area contributed by atoms with E-state index in [4.69, 9.17) is 0 Å². The molecule has 0 aromatic heterocycles. The maximum atomic E-state index is 2.57. The number of hydrogen-bond acceptors (Lipinski definition) is 0. The molecule has 1 fully saturated rings. The molecule has 0 nitrogen and oxygen atoms in total. The Balaban J connectivity index is 2.52. The van der Waals surface area contributed by atoms with Gasteiger partial charge in [0.15, 0.2) is 0 Å². The zero-order chi connectivity index (χ0) is 8.97. The monoisotopic (exact) mass is 167 g/mol. The van der Waals surface area contributed by atoms with Crippen LogP contribution < -0.4 is 0 Å². The van der Waals surface area contributed by atoms with E-state index in [1.807, 2.05) is 0 Å². The van der Waals surface area contributed by atoms with E-state index in [2.05, 4.69) is 27.2 Å². The molecule has 0 aromatic carbocycles. The van der Waals surface area contributed by atoms with Gasteiger partial charge in [0.25, 0.3) is 0 Å². The summed E-state index contributed by atoms with van der Waals surface area (Å²) in [6.45, 7) is 7.04. The highest BCUT2D eigenvalue weighted by Crippen LogP contribution is 2.39. The second-order valence-electron chi connectivity index (χ2n) is 4.13. The minimum Gasteiger partial charge on any atom is -0.0651 e. The van der Waals surface area contributed by atoms with Crippen molar-refractivity contribution in [1.29, 1.82) is 0 Å². The van der Waals surface area contributed by atoms with Crippen molar-refractivity contribution in [1.82, 2.24) is 0 Å². The van der Waals surface area contributed by atoms with Gasteiger partial charge in [0.05, 0.1) is 0 Å². The van der Waals surface area contributed by atoms with Gasteiger partial charge in [0, 0.05) is 0 Å². The molecule has 0 aliphatic heterocycles. The van der Waals surface area contributed by atoms with Crippen molar-refractivity contribution in [2.24, 2.45) is 17.8 Å². The molecule has 0 N–H and O–H groups in total. The number of hydrogen-bond donors (Lipinski definition) is 0. The fourth-order valence-electron chi connectivity index (χ4n) is 2.88. The van der Waals surface area contributed by atoms with Crippen LogP contribution in [0.3, 0.4) is 0 Å². The minimum absolute atomic E-state index is 0.925. The van der Waals surface area contributed by atoms with Crippen molar-refractivity contribution in [2.45, 2.75) is 52.9 Å². The van der Waals surface area contributed by atoms with Gasteiger partial charge in [-0.1, -0.05) is 40.0 Å². The van der Waals surface area contributed by atoms with Gasteiger partial charge in [-0.15, -0.1) is 0 Å². The highest BCUT2D eigenvalue weighted by Gasteiger charge is 2.29. The summed E-state index contributed by atoms with van der Waals surface area (Å²) in [6.07, 6.45) is 9.52. The summed E-state index contributed by atoms with van der Waals surface area (Å²) in [4.78, 5) is 0. The Morgan fingerprint density at radius 2 is 1.83 bits per heavy atom. The van der Waals surface area contributed by atoms with Gasteiger partial charge >= 0.3 is 0 Å². The SMILES string of the molecule is CCC1[CH]CCC(CC)C1CC. The lowest BCUT2D eigenvalue weighted by Crippen LogP contribution is -2.27. The van der Waals surface area contributed by atoms with Crippen LogP contribution in [0.15, 0.2) is 0 Å². The first kappa shape index (κ1) is 10.1. The molecule has 0 heterocycles. The lowest BCUT2D eigenvalue weighted by atomic mass is 9.69. The van der Waals surface area contributed by atoms with Crippen LogP contribution in [-0.4, -0.2) is 0 Å². The fraction of sp³-hybridized carbons (Fsp3) is 0.917. The van der Waals surface area contributed by atoms with Gasteiger partial charge in [-0.25, -0.2) is 0 Å². The van der Waals surface area contributed by atoms with Crippen LogP contribution in [0.25, 0.3) is 0 Å². The molecular weight excluding hydrogens is 144 g/mol. The largest absolute Gasteiger partial charge is 0.0651 e. The third kappa shape index (κ3) is 2.02. The Labute approximate surface area is 77.7 Å². The average Bonchev–Trinajstić information content (AvgIpc) is 2.16. The molecular formula is C12H23. The van der Waals surface area contributed by atoms with E-state index in [0.717, 1.165) is 17.8 Å². The molecule has 0 aromatic rings. The van der Waals surface area contributed by atoms with E-state index >= 15 is 0 Å². The molecule has 0 bridgehead atoms. The van der Waals surface area contributed by atoms with Gasteiger partial charge < -0.3 is 0 Å². The lowest BCUT2D eigenvalue weighted by molar-refractivity contribution is 0.181. The molecule has 0 saturated heterocycles. The van der Waals surface area contributed by atoms with Crippen LogP contribution in [0.4, 0.5) is 0 Å². The molecule has 1 aliphatic carbocycles. The van der Waals surface area contributed by atoms with Crippen LogP contribution >= 0.6 is 0 Å². The van der Waals surface area contributed by atoms with E-state index in [-0.39, 0.29) is 0 Å². The molecule has 3 unspecified atom stereocenters. The second-order valence-corrected chi connectivity index (χ2v) is 4.13. The summed E-state index contributed by atoms with van der Waals surface area (Å²) >= 11 is 0. The van der Waals surface area contributed by atoms with Crippen LogP contribution in [-0.2, 0) is 0 Å². The third-order valence-electron chi connectivity index (χ3n) is 3.63. The fourth-order valence-corrected chi connectivity index (χ4v) is 2.88. The quantitative estimate of drug-likeness (QED) is 0.594. The maximum absolute atomic E-state index is 2.57. The van der Waals surface area contributed by atoms with Crippen molar-refractivity contribution in [3.8, 4) is 0 Å². The molecule has 3 atom stereocenters. The van der Waals surface area contributed by atoms with E-state index in [1.54, 1.807) is 0 Å². The van der Waals surface area contributed by atoms with Crippen molar-refractivity contribution in [3.63, 3.8) is 0 Å². The molecule has 1 rings (SSSR count). The van der Waals surface area contributed by atoms with Crippen molar-refractivity contribution in [2.75, 3.05) is 0 Å². The summed E-state index contributed by atoms with van der Waals surface area (Å²) in [6, 6.07) is 0. The van der Waals surface area contributed by atoms with Crippen molar-refractivity contribution < 1.29 is 0 Å². The molecule has 0 spiro atoms. The molecule has 1 radical (unpaired) electrons. The van der Waals surface area contributed by atoms with E-state index < -0.39 is 0 Å². The van der Waals surface area contributed by atoms with Crippen LogP contribution in [0, 0.1) is 24.2 Å². The normalized spacial score (nSPS) is 36.8. The molecule has 1 aliphatic rings. The van der Waals surface area contributed by atoms with Gasteiger partial charge in [0.1, 0.15) is 0 Å². The summed E-state index contributed by atoms with van der Waals surface area (Å²) in [5.74, 6) is 2.94. The Morgan fingerprint density at radius 3 is 2.33 bits per heavy atom. The second kappa shape index (κ2) is 4.89. The van der Waals surface area contributed by atoms with Gasteiger partial charge in [0.2, 0.25) is 0 Å². The first-order valence-electron chi connectivity index (χ1n) is 5.66. The molecule has 0 heteroatoms. The average molecular weight is 167 g/mol. The molecule has 0 amide bonds. The summed E-state index contributed by atoms with van der Waals surface area (Å²) in [7, 11) is 0. The summed E-state index contributed by atoms with van der Waals surface area (Å²) in [5, 5.41) is 0. The van der Waals surface area contributed by atoms with E-state index in [9.17, 15) is 0 Å². The zero-order valence-corrected chi connectivity index (χ0v) is 8.84. The van der Waals surface area contributed by atoms with E-state index in [1.165, 1.54) is 32.1 Å². The highest BCUT2D eigenvalue weighted by atomic mass is 14.3. The topological polar surface area (TPSA) is 0 Å². The Kier molecular flexibility index (Phi) is 4.11. The Morgan fingerprint density at radius 1 is 1.08 bits per heavy atom. The number of rotatable bonds is 3. The van der Waals surface area contributed by atoms with Crippen LogP contribution in [0.2, 0.25) is 0 Å². The highest BCUT2D eigenvalue weighted by molar-refractivity contribution is 4.90. The van der Waals surface area contributed by atoms with Gasteiger partial charge in [-0.2, -0.15) is 0 Å². The van der Waals surface area contributed by atoms with Crippen LogP contribution in [0.5, 0.6) is 0 Å². The van der Waals surface area contributed by atoms with Crippen LogP contribution in [0.1, 0.15) is 52.9 Å². The maximum Gasteiger partial charge on any atom is -0.0352 e. The molecule has 1 saturated carbocycles. The summed E-state index contributed by atoms with van der Waals surface area (Å²) < 4.78 is 0. The lowest BCUT2D eigenvalue weighted by Gasteiger charge is -2.36. The minimum atomic E-state index is 0.925. The summed E-state index contributed by atoms with van der Waals surface area (Å²) in [5.41, 5.74) is 0. The van der Waals surface area contributed by atoms with Gasteiger partial charge in [-0.3, -0.25) is 0 Å². The van der Waals surface area contributed by atoms with E-state index in [0.29, 0.717) is 0 Å². The predicted molar refractivity (Wildman–Crippen MR) is 54.9 cm³/mol. The van der Waals surface area contributed by atoms with Crippen molar-refractivity contribution >= 4 is 0 Å². The molecule has 12 heavy (non-hydrogen) atoms. The Hall–Kier alpha value is 0. The van der Waals surface area contributed by atoms with Gasteiger partial charge in [-0.05, 0) is 37.0 Å². The smallest absolute Gasteiger partial charge is 0.0352 e. The zero-order valence-electron chi connectivity index (χ0n) is 8.84. The molecule has 71 valence electrons. The standard InChI is InChI=1S/C12H23/c1-4-10-8-7-9-11(5-2)12(10)6-3/h8,10-12H,4-7,9H2,1-3H3. The van der Waals surface area contributed by atoms with Crippen molar-refractivity contribution in [3.05, 3.63) is 6.42 Å². The predicted octanol–water partition coefficient (Wildman–Crippen LogP) is 4.06. The third-order valence-corrected chi connectivity index (χ3v) is 3.63. The first-order valence-corrected chi connectivity index (χ1v) is 5.66. The Bertz CT molecular complexity index is 105.